The van der Waals surface area contributed by atoms with Crippen LogP contribution in [0.2, 0.25) is 5.02 Å². The molecule has 0 saturated carbocycles. The third-order valence-electron chi connectivity index (χ3n) is 3.41. The molecule has 26 heavy (non-hydrogen) atoms. The van der Waals surface area contributed by atoms with Crippen molar-refractivity contribution in [1.82, 2.24) is 4.98 Å². The van der Waals surface area contributed by atoms with Gasteiger partial charge in [-0.1, -0.05) is 17.7 Å². The summed E-state index contributed by atoms with van der Waals surface area (Å²) in [5.41, 5.74) is 0.660. The predicted octanol–water partition coefficient (Wildman–Crippen LogP) is 4.93. The molecule has 0 unspecified atom stereocenters. The average molecular weight is 369 g/mol. The molecule has 1 N–H and O–H groups in total. The lowest BCUT2D eigenvalue weighted by Gasteiger charge is -2.09. The van der Waals surface area contributed by atoms with Gasteiger partial charge in [0, 0.05) is 29.2 Å². The molecule has 1 amide bonds. The molecule has 0 atom stereocenters. The first kappa shape index (κ1) is 17.8. The largest absolute Gasteiger partial charge is 0.493 e. The number of anilines is 1. The van der Waals surface area contributed by atoms with Gasteiger partial charge in [-0.15, -0.1) is 0 Å². The Balaban J connectivity index is 1.49. The Kier molecular flexibility index (Phi) is 6.06. The zero-order valence-electron chi connectivity index (χ0n) is 13.9. The number of hydrogen-bond acceptors (Lipinski definition) is 4. The second-order valence-corrected chi connectivity index (χ2v) is 5.85. The average Bonchev–Trinajstić information content (AvgIpc) is 2.64. The lowest BCUT2D eigenvalue weighted by atomic mass is 10.3. The van der Waals surface area contributed by atoms with Gasteiger partial charge in [-0.05, 0) is 48.5 Å². The molecule has 3 rings (SSSR count). The zero-order valence-corrected chi connectivity index (χ0v) is 14.6. The minimum absolute atomic E-state index is 0.139. The fourth-order valence-corrected chi connectivity index (χ4v) is 2.32. The monoisotopic (exact) mass is 368 g/mol. The lowest BCUT2D eigenvalue weighted by Crippen LogP contribution is -2.15. The molecule has 0 saturated heterocycles. The molecule has 0 fully saturated rings. The molecule has 0 bridgehead atoms. The number of benzene rings is 2. The Morgan fingerprint density at radius 3 is 2.50 bits per heavy atom. The van der Waals surface area contributed by atoms with Gasteiger partial charge in [0.2, 0.25) is 5.91 Å². The van der Waals surface area contributed by atoms with Crippen molar-refractivity contribution in [2.75, 3.05) is 11.9 Å². The number of aromatic nitrogens is 1. The van der Waals surface area contributed by atoms with Crippen LogP contribution in [0.5, 0.6) is 17.2 Å². The molecule has 0 radical (unpaired) electrons. The summed E-state index contributed by atoms with van der Waals surface area (Å²) < 4.78 is 11.2. The van der Waals surface area contributed by atoms with Crippen molar-refractivity contribution in [2.24, 2.45) is 0 Å². The lowest BCUT2D eigenvalue weighted by molar-refractivity contribution is -0.116. The third kappa shape index (κ3) is 5.50. The van der Waals surface area contributed by atoms with Gasteiger partial charge in [-0.2, -0.15) is 0 Å². The Bertz CT molecular complexity index is 854. The summed E-state index contributed by atoms with van der Waals surface area (Å²) in [4.78, 5) is 16.0. The summed E-state index contributed by atoms with van der Waals surface area (Å²) in [5, 5.41) is 3.47. The highest BCUT2D eigenvalue weighted by atomic mass is 35.5. The second kappa shape index (κ2) is 8.87. The number of halogens is 1. The molecule has 1 aromatic heterocycles. The van der Waals surface area contributed by atoms with Gasteiger partial charge in [0.1, 0.15) is 17.2 Å². The van der Waals surface area contributed by atoms with Crippen LogP contribution in [-0.2, 0) is 4.79 Å². The summed E-state index contributed by atoms with van der Waals surface area (Å²) in [6, 6.07) is 17.7. The molecule has 0 spiro atoms. The van der Waals surface area contributed by atoms with E-state index in [0.717, 1.165) is 0 Å². The quantitative estimate of drug-likeness (QED) is 0.642. The Hall–Kier alpha value is -3.05. The van der Waals surface area contributed by atoms with Crippen LogP contribution in [0.15, 0.2) is 73.1 Å². The van der Waals surface area contributed by atoms with Crippen molar-refractivity contribution in [3.8, 4) is 17.2 Å². The number of carbonyl (C=O) groups excluding carboxylic acids is 1. The van der Waals surface area contributed by atoms with Crippen LogP contribution >= 0.6 is 11.6 Å². The summed E-state index contributed by atoms with van der Waals surface area (Å²) >= 11 is 5.82. The van der Waals surface area contributed by atoms with Crippen molar-refractivity contribution in [3.63, 3.8) is 0 Å². The van der Waals surface area contributed by atoms with Crippen molar-refractivity contribution < 1.29 is 14.3 Å². The Morgan fingerprint density at radius 2 is 1.73 bits per heavy atom. The van der Waals surface area contributed by atoms with E-state index in [1.807, 2.05) is 12.1 Å². The van der Waals surface area contributed by atoms with Crippen molar-refractivity contribution in [2.45, 2.75) is 6.42 Å². The van der Waals surface area contributed by atoms with Crippen LogP contribution in [-0.4, -0.2) is 17.5 Å². The molecule has 5 nitrogen and oxygen atoms in total. The molecular formula is C20H17ClN2O3. The van der Waals surface area contributed by atoms with Crippen LogP contribution in [0.4, 0.5) is 5.69 Å². The molecule has 0 aliphatic heterocycles. The number of carbonyl (C=O) groups is 1. The van der Waals surface area contributed by atoms with E-state index in [9.17, 15) is 4.79 Å². The highest BCUT2D eigenvalue weighted by Gasteiger charge is 2.05. The predicted molar refractivity (Wildman–Crippen MR) is 101 cm³/mol. The minimum atomic E-state index is -0.139. The van der Waals surface area contributed by atoms with Gasteiger partial charge in [0.05, 0.1) is 13.0 Å². The number of amides is 1. The SMILES string of the molecule is O=C(CCOc1ccc(Cl)cc1)Nc1cccc(Oc2ccncc2)c1. The summed E-state index contributed by atoms with van der Waals surface area (Å²) in [7, 11) is 0. The van der Waals surface area contributed by atoms with E-state index in [2.05, 4.69) is 10.3 Å². The maximum absolute atomic E-state index is 12.1. The standard InChI is InChI=1S/C20H17ClN2O3/c21-15-4-6-17(7-5-15)25-13-10-20(24)23-16-2-1-3-19(14-16)26-18-8-11-22-12-9-18/h1-9,11-12,14H,10,13H2,(H,23,24). The van der Waals surface area contributed by atoms with E-state index in [4.69, 9.17) is 21.1 Å². The van der Waals surface area contributed by atoms with Crippen LogP contribution in [0, 0.1) is 0 Å². The molecular weight excluding hydrogens is 352 g/mol. The Morgan fingerprint density at radius 1 is 0.962 bits per heavy atom. The molecule has 6 heteroatoms. The summed E-state index contributed by atoms with van der Waals surface area (Å²) in [5.74, 6) is 1.85. The normalized spacial score (nSPS) is 10.2. The van der Waals surface area contributed by atoms with Crippen molar-refractivity contribution in [3.05, 3.63) is 78.1 Å². The topological polar surface area (TPSA) is 60.5 Å². The van der Waals surface area contributed by atoms with E-state index < -0.39 is 0 Å². The molecule has 0 aliphatic rings. The van der Waals surface area contributed by atoms with E-state index in [-0.39, 0.29) is 18.9 Å². The first-order valence-corrected chi connectivity index (χ1v) is 8.43. The van der Waals surface area contributed by atoms with Crippen LogP contribution < -0.4 is 14.8 Å². The maximum Gasteiger partial charge on any atom is 0.227 e. The molecule has 3 aromatic rings. The van der Waals surface area contributed by atoms with E-state index in [0.29, 0.717) is 28.0 Å². The number of rotatable bonds is 7. The van der Waals surface area contributed by atoms with Crippen LogP contribution in [0.3, 0.4) is 0 Å². The van der Waals surface area contributed by atoms with Gasteiger partial charge in [0.25, 0.3) is 0 Å². The fraction of sp³-hybridized carbons (Fsp3) is 0.100. The molecule has 1 heterocycles. The van der Waals surface area contributed by atoms with Crippen molar-refractivity contribution in [1.29, 1.82) is 0 Å². The van der Waals surface area contributed by atoms with Gasteiger partial charge < -0.3 is 14.8 Å². The van der Waals surface area contributed by atoms with Crippen LogP contribution in [0.25, 0.3) is 0 Å². The first-order chi connectivity index (χ1) is 12.7. The van der Waals surface area contributed by atoms with Crippen molar-refractivity contribution >= 4 is 23.2 Å². The number of nitrogens with zero attached hydrogens (tertiary/aromatic N) is 1. The van der Waals surface area contributed by atoms with Gasteiger partial charge >= 0.3 is 0 Å². The molecule has 2 aromatic carbocycles. The first-order valence-electron chi connectivity index (χ1n) is 8.05. The summed E-state index contributed by atoms with van der Waals surface area (Å²) in [6.07, 6.45) is 3.54. The fourth-order valence-electron chi connectivity index (χ4n) is 2.20. The highest BCUT2D eigenvalue weighted by molar-refractivity contribution is 6.30. The smallest absolute Gasteiger partial charge is 0.227 e. The van der Waals surface area contributed by atoms with E-state index in [1.54, 1.807) is 60.9 Å². The van der Waals surface area contributed by atoms with Gasteiger partial charge in [0.15, 0.2) is 0 Å². The summed E-state index contributed by atoms with van der Waals surface area (Å²) in [6.45, 7) is 0.278. The van der Waals surface area contributed by atoms with E-state index >= 15 is 0 Å². The van der Waals surface area contributed by atoms with E-state index in [1.165, 1.54) is 0 Å². The second-order valence-electron chi connectivity index (χ2n) is 5.41. The van der Waals surface area contributed by atoms with Gasteiger partial charge in [-0.25, -0.2) is 0 Å². The molecule has 132 valence electrons. The number of hydrogen-bond donors (Lipinski definition) is 1. The maximum atomic E-state index is 12.1. The zero-order chi connectivity index (χ0) is 18.2. The number of pyridine rings is 1. The minimum Gasteiger partial charge on any atom is -0.493 e. The molecule has 0 aliphatic carbocycles. The van der Waals surface area contributed by atoms with Crippen LogP contribution in [0.1, 0.15) is 6.42 Å². The number of nitrogens with one attached hydrogen (secondary N) is 1. The highest BCUT2D eigenvalue weighted by Crippen LogP contribution is 2.23. The number of ether oxygens (including phenoxy) is 2. The Labute approximate surface area is 156 Å². The van der Waals surface area contributed by atoms with Gasteiger partial charge in [-0.3, -0.25) is 9.78 Å². The third-order valence-corrected chi connectivity index (χ3v) is 3.67.